The summed E-state index contributed by atoms with van der Waals surface area (Å²) in [5, 5.41) is 7.42. The van der Waals surface area contributed by atoms with Crippen molar-refractivity contribution < 1.29 is 4.42 Å². The van der Waals surface area contributed by atoms with Gasteiger partial charge in [-0.05, 0) is 87.6 Å². The Hall–Kier alpha value is -6.16. The highest BCUT2D eigenvalue weighted by atomic mass is 32.1. The Kier molecular flexibility index (Phi) is 6.39. The molecule has 0 atom stereocenters. The molecule has 0 radical (unpaired) electrons. The molecule has 2 nitrogen and oxygen atoms in total. The van der Waals surface area contributed by atoms with E-state index in [2.05, 4.69) is 169 Å². The van der Waals surface area contributed by atoms with E-state index in [1.54, 1.807) is 0 Å². The van der Waals surface area contributed by atoms with Crippen LogP contribution in [0.25, 0.3) is 75.1 Å². The zero-order chi connectivity index (χ0) is 32.3. The minimum atomic E-state index is 0.909. The quantitative estimate of drug-likeness (QED) is 0.186. The predicted molar refractivity (Wildman–Crippen MR) is 210 cm³/mol. The smallest absolute Gasteiger partial charge is 0.136 e. The normalized spacial score (nSPS) is 11.7. The van der Waals surface area contributed by atoms with Gasteiger partial charge in [0.1, 0.15) is 11.2 Å². The third kappa shape index (κ3) is 4.62. The van der Waals surface area contributed by atoms with Crippen molar-refractivity contribution in [3.63, 3.8) is 0 Å². The molecule has 0 aliphatic heterocycles. The van der Waals surface area contributed by atoms with Crippen molar-refractivity contribution in [1.29, 1.82) is 0 Å². The van der Waals surface area contributed by atoms with E-state index < -0.39 is 0 Å². The predicted octanol–water partition coefficient (Wildman–Crippen LogP) is 13.9. The van der Waals surface area contributed by atoms with Crippen LogP contribution in [-0.2, 0) is 0 Å². The summed E-state index contributed by atoms with van der Waals surface area (Å²) in [5.74, 6) is 0. The van der Waals surface area contributed by atoms with E-state index in [4.69, 9.17) is 4.42 Å². The van der Waals surface area contributed by atoms with Gasteiger partial charge in [-0.2, -0.15) is 0 Å². The summed E-state index contributed by atoms with van der Waals surface area (Å²) >= 11 is 1.87. The second-order valence-corrected chi connectivity index (χ2v) is 13.6. The van der Waals surface area contributed by atoms with Crippen LogP contribution in [0.15, 0.2) is 180 Å². The topological polar surface area (TPSA) is 16.4 Å². The molecule has 0 N–H and O–H groups in total. The van der Waals surface area contributed by atoms with Crippen LogP contribution in [0.4, 0.5) is 17.1 Å². The molecule has 0 saturated heterocycles. The van der Waals surface area contributed by atoms with Crippen LogP contribution >= 0.6 is 11.3 Å². The summed E-state index contributed by atoms with van der Waals surface area (Å²) in [5.41, 5.74) is 9.96. The Labute approximate surface area is 287 Å². The van der Waals surface area contributed by atoms with Crippen LogP contribution in [0.3, 0.4) is 0 Å². The van der Waals surface area contributed by atoms with Crippen molar-refractivity contribution in [1.82, 2.24) is 0 Å². The van der Waals surface area contributed by atoms with Crippen LogP contribution in [0.2, 0.25) is 0 Å². The van der Waals surface area contributed by atoms with Crippen molar-refractivity contribution in [2.24, 2.45) is 0 Å². The summed E-state index contributed by atoms with van der Waals surface area (Å²) in [4.78, 5) is 2.41. The molecule has 0 aliphatic rings. The summed E-state index contributed by atoms with van der Waals surface area (Å²) in [6, 6.07) is 63.2. The zero-order valence-corrected chi connectivity index (χ0v) is 27.3. The molecule has 0 spiro atoms. The van der Waals surface area contributed by atoms with Gasteiger partial charge in [0.05, 0.1) is 10.4 Å². The number of anilines is 3. The molecule has 10 rings (SSSR count). The van der Waals surface area contributed by atoms with Crippen molar-refractivity contribution in [2.45, 2.75) is 0 Å². The lowest BCUT2D eigenvalue weighted by molar-refractivity contribution is 0.669. The highest BCUT2D eigenvalue weighted by Crippen LogP contribution is 2.46. The van der Waals surface area contributed by atoms with Gasteiger partial charge in [-0.1, -0.05) is 121 Å². The monoisotopic (exact) mass is 643 g/mol. The minimum Gasteiger partial charge on any atom is -0.456 e. The molecule has 0 unspecified atom stereocenters. The van der Waals surface area contributed by atoms with Crippen molar-refractivity contribution in [3.05, 3.63) is 176 Å². The molecular weight excluding hydrogens is 615 g/mol. The molecule has 230 valence electrons. The van der Waals surface area contributed by atoms with E-state index in [1.165, 1.54) is 53.3 Å². The van der Waals surface area contributed by atoms with Crippen molar-refractivity contribution >= 4 is 81.3 Å². The Morgan fingerprint density at radius 3 is 1.84 bits per heavy atom. The number of hydrogen-bond acceptors (Lipinski definition) is 3. The summed E-state index contributed by atoms with van der Waals surface area (Å²) in [6.07, 6.45) is 0. The summed E-state index contributed by atoms with van der Waals surface area (Å²) in [6.45, 7) is 0. The maximum Gasteiger partial charge on any atom is 0.136 e. The number of hydrogen-bond donors (Lipinski definition) is 0. The lowest BCUT2D eigenvalue weighted by Gasteiger charge is -2.26. The van der Waals surface area contributed by atoms with E-state index in [-0.39, 0.29) is 0 Å². The maximum atomic E-state index is 6.22. The van der Waals surface area contributed by atoms with Crippen molar-refractivity contribution in [2.75, 3.05) is 4.90 Å². The molecule has 8 aromatic carbocycles. The van der Waals surface area contributed by atoms with Gasteiger partial charge in [0, 0.05) is 37.6 Å². The minimum absolute atomic E-state index is 0.909. The third-order valence-corrected chi connectivity index (χ3v) is 10.8. The highest BCUT2D eigenvalue weighted by molar-refractivity contribution is 7.26. The largest absolute Gasteiger partial charge is 0.456 e. The Morgan fingerprint density at radius 1 is 0.429 bits per heavy atom. The van der Waals surface area contributed by atoms with Gasteiger partial charge in [-0.3, -0.25) is 0 Å². The maximum absolute atomic E-state index is 6.22. The van der Waals surface area contributed by atoms with E-state index in [0.29, 0.717) is 0 Å². The third-order valence-electron chi connectivity index (χ3n) is 9.66. The average Bonchev–Trinajstić information content (AvgIpc) is 3.73. The van der Waals surface area contributed by atoms with Gasteiger partial charge in [-0.15, -0.1) is 11.3 Å². The molecule has 3 heteroatoms. The lowest BCUT2D eigenvalue weighted by atomic mass is 9.99. The van der Waals surface area contributed by atoms with Crippen LogP contribution in [0.1, 0.15) is 0 Å². The fourth-order valence-corrected chi connectivity index (χ4v) is 8.55. The number of fused-ring (bicyclic) bond motifs is 7. The molecule has 0 bridgehead atoms. The highest BCUT2D eigenvalue weighted by Gasteiger charge is 2.19. The number of furan rings is 1. The SMILES string of the molecule is c1ccc(-c2ccc(N(c3ccc(-c4cccc5oc6ccccc6c45)cc3)c3cccc4c3sc3cc5ccccc5cc34)cc2)cc1. The number of benzene rings is 8. The van der Waals surface area contributed by atoms with E-state index in [0.717, 1.165) is 38.9 Å². The summed E-state index contributed by atoms with van der Waals surface area (Å²) < 4.78 is 8.80. The number of thiophene rings is 1. The molecule has 0 saturated carbocycles. The fraction of sp³-hybridized carbons (Fsp3) is 0. The molecule has 0 amide bonds. The molecule has 10 aromatic rings. The van der Waals surface area contributed by atoms with E-state index >= 15 is 0 Å². The Balaban J connectivity index is 1.15. The zero-order valence-electron chi connectivity index (χ0n) is 26.5. The first kappa shape index (κ1) is 27.9. The van der Waals surface area contributed by atoms with Crippen molar-refractivity contribution in [3.8, 4) is 22.3 Å². The van der Waals surface area contributed by atoms with Gasteiger partial charge in [0.2, 0.25) is 0 Å². The van der Waals surface area contributed by atoms with Gasteiger partial charge in [0.25, 0.3) is 0 Å². The fourth-order valence-electron chi connectivity index (χ4n) is 7.31. The molecule has 0 aliphatic carbocycles. The Bertz CT molecular complexity index is 2810. The second kappa shape index (κ2) is 11.2. The molecular formula is C46H29NOS. The second-order valence-electron chi connectivity index (χ2n) is 12.5. The first-order valence-electron chi connectivity index (χ1n) is 16.6. The average molecular weight is 644 g/mol. The first-order chi connectivity index (χ1) is 24.3. The van der Waals surface area contributed by atoms with Crippen LogP contribution in [0.5, 0.6) is 0 Å². The van der Waals surface area contributed by atoms with Crippen LogP contribution in [-0.4, -0.2) is 0 Å². The summed E-state index contributed by atoms with van der Waals surface area (Å²) in [7, 11) is 0. The van der Waals surface area contributed by atoms with Gasteiger partial charge < -0.3 is 9.32 Å². The molecule has 49 heavy (non-hydrogen) atoms. The number of nitrogens with zero attached hydrogens (tertiary/aromatic N) is 1. The van der Waals surface area contributed by atoms with Crippen LogP contribution < -0.4 is 4.90 Å². The first-order valence-corrected chi connectivity index (χ1v) is 17.4. The number of rotatable bonds is 5. The Morgan fingerprint density at radius 2 is 1.04 bits per heavy atom. The molecule has 2 aromatic heterocycles. The van der Waals surface area contributed by atoms with E-state index in [9.17, 15) is 0 Å². The van der Waals surface area contributed by atoms with Gasteiger partial charge in [0.15, 0.2) is 0 Å². The van der Waals surface area contributed by atoms with E-state index in [1.807, 2.05) is 23.5 Å². The standard InChI is InChI=1S/C46H29NOS/c1-2-10-30(11-3-1)31-20-24-35(25-21-31)47(41-17-8-16-38-40-28-33-12-4-5-13-34(33)29-44(40)49-46(38)41)36-26-22-32(23-27-36)37-15-9-19-43-45(37)39-14-6-7-18-42(39)48-43/h1-29H. The van der Waals surface area contributed by atoms with Gasteiger partial charge >= 0.3 is 0 Å². The molecule has 2 heterocycles. The number of para-hydroxylation sites is 1. The lowest BCUT2D eigenvalue weighted by Crippen LogP contribution is -2.10. The molecule has 0 fully saturated rings. The van der Waals surface area contributed by atoms with Crippen LogP contribution in [0, 0.1) is 0 Å². The van der Waals surface area contributed by atoms with Gasteiger partial charge in [-0.25, -0.2) is 0 Å².